The molecule has 0 saturated carbocycles. The second kappa shape index (κ2) is 13.0. The molecule has 2 nitrogen and oxygen atoms in total. The molecule has 0 radical (unpaired) electrons. The smallest absolute Gasteiger partial charge is 0.0541 e. The lowest BCUT2D eigenvalue weighted by molar-refractivity contribution is 1.18. The fraction of sp³-hybridized carbons (Fsp3) is 0.0204. The van der Waals surface area contributed by atoms with Crippen molar-refractivity contribution in [2.24, 2.45) is 0 Å². The van der Waals surface area contributed by atoms with E-state index in [1.807, 2.05) is 18.2 Å². The molecule has 2 heterocycles. The van der Waals surface area contributed by atoms with Gasteiger partial charge >= 0.3 is 0 Å². The second-order valence-electron chi connectivity index (χ2n) is 13.1. The van der Waals surface area contributed by atoms with Gasteiger partial charge in [0, 0.05) is 32.9 Å². The molecule has 0 aliphatic heterocycles. The van der Waals surface area contributed by atoms with E-state index < -0.39 is 0 Å². The third-order valence-electron chi connectivity index (χ3n) is 9.87. The molecule has 0 amide bonds. The standard InChI is InChI=1S/C42H28N2.C7H8/c1-3-11-29(12-4-1)30-19-23-34(24-20-30)44-40-18-10-8-16-36(40)38-28-32(22-26-42(38)44)31-21-25-41-37(27-31)35-15-7-9-17-39(35)43(41)33-13-5-2-6-14-33;1-7-5-3-2-4-6-7/h1-28H;2-6H,1H3. The van der Waals surface area contributed by atoms with E-state index in [9.17, 15) is 0 Å². The van der Waals surface area contributed by atoms with Gasteiger partial charge in [-0.2, -0.15) is 0 Å². The third kappa shape index (κ3) is 5.57. The zero-order chi connectivity index (χ0) is 34.1. The summed E-state index contributed by atoms with van der Waals surface area (Å²) in [6.07, 6.45) is 0. The van der Waals surface area contributed by atoms with Crippen LogP contribution in [0.2, 0.25) is 0 Å². The zero-order valence-electron chi connectivity index (χ0n) is 28.4. The van der Waals surface area contributed by atoms with Gasteiger partial charge in [-0.25, -0.2) is 0 Å². The molecule has 51 heavy (non-hydrogen) atoms. The van der Waals surface area contributed by atoms with Crippen LogP contribution < -0.4 is 0 Å². The molecule has 0 N–H and O–H groups in total. The first kappa shape index (κ1) is 30.4. The number of rotatable bonds is 4. The first-order chi connectivity index (χ1) is 25.2. The Morgan fingerprint density at radius 1 is 0.275 bits per heavy atom. The van der Waals surface area contributed by atoms with E-state index in [1.54, 1.807) is 0 Å². The van der Waals surface area contributed by atoms with Crippen LogP contribution in [0.4, 0.5) is 0 Å². The SMILES string of the molecule is Cc1ccccc1.c1ccc(-c2ccc(-n3c4ccccc4c4cc(-c5ccc6c(c5)c5ccccc5n6-c5ccccc5)ccc43)cc2)cc1. The first-order valence-electron chi connectivity index (χ1n) is 17.5. The summed E-state index contributed by atoms with van der Waals surface area (Å²) < 4.78 is 4.76. The molecule has 0 spiro atoms. The van der Waals surface area contributed by atoms with E-state index in [0.717, 1.165) is 0 Å². The van der Waals surface area contributed by atoms with Crippen LogP contribution >= 0.6 is 0 Å². The molecule has 8 aromatic carbocycles. The van der Waals surface area contributed by atoms with Crippen molar-refractivity contribution in [2.75, 3.05) is 0 Å². The summed E-state index contributed by atoms with van der Waals surface area (Å²) in [4.78, 5) is 0. The molecular weight excluding hydrogens is 617 g/mol. The van der Waals surface area contributed by atoms with E-state index in [1.165, 1.54) is 82.8 Å². The fourth-order valence-corrected chi connectivity index (χ4v) is 7.41. The average molecular weight is 653 g/mol. The van der Waals surface area contributed by atoms with Gasteiger partial charge in [-0.15, -0.1) is 0 Å². The molecule has 242 valence electrons. The van der Waals surface area contributed by atoms with E-state index in [-0.39, 0.29) is 0 Å². The Morgan fingerprint density at radius 2 is 0.647 bits per heavy atom. The Balaban J connectivity index is 0.000000448. The second-order valence-corrected chi connectivity index (χ2v) is 13.1. The molecule has 0 aliphatic rings. The molecule has 0 atom stereocenters. The monoisotopic (exact) mass is 652 g/mol. The number of nitrogens with zero attached hydrogens (tertiary/aromatic N) is 2. The molecule has 10 aromatic rings. The number of para-hydroxylation sites is 3. The van der Waals surface area contributed by atoms with Crippen LogP contribution in [0, 0.1) is 6.92 Å². The summed E-state index contributed by atoms with van der Waals surface area (Å²) in [6.45, 7) is 2.08. The van der Waals surface area contributed by atoms with Gasteiger partial charge in [0.05, 0.1) is 22.1 Å². The van der Waals surface area contributed by atoms with Gasteiger partial charge in [-0.05, 0) is 89.8 Å². The highest BCUT2D eigenvalue weighted by Crippen LogP contribution is 2.38. The molecular formula is C49H36N2. The highest BCUT2D eigenvalue weighted by atomic mass is 15.0. The maximum absolute atomic E-state index is 2.39. The summed E-state index contributed by atoms with van der Waals surface area (Å²) in [6, 6.07) is 71.7. The fourth-order valence-electron chi connectivity index (χ4n) is 7.41. The van der Waals surface area contributed by atoms with Crippen LogP contribution in [0.25, 0.3) is 77.2 Å². The quantitative estimate of drug-likeness (QED) is 0.179. The highest BCUT2D eigenvalue weighted by molar-refractivity contribution is 6.12. The van der Waals surface area contributed by atoms with Crippen LogP contribution in [0.1, 0.15) is 5.56 Å². The van der Waals surface area contributed by atoms with E-state index in [0.29, 0.717) is 0 Å². The van der Waals surface area contributed by atoms with Gasteiger partial charge in [0.25, 0.3) is 0 Å². The van der Waals surface area contributed by atoms with Crippen molar-refractivity contribution in [3.8, 4) is 33.6 Å². The molecule has 0 aliphatic carbocycles. The van der Waals surface area contributed by atoms with Crippen molar-refractivity contribution in [1.29, 1.82) is 0 Å². The lowest BCUT2D eigenvalue weighted by Crippen LogP contribution is -1.93. The highest BCUT2D eigenvalue weighted by Gasteiger charge is 2.16. The van der Waals surface area contributed by atoms with E-state index in [2.05, 4.69) is 198 Å². The lowest BCUT2D eigenvalue weighted by atomic mass is 10.0. The Hall–Kier alpha value is -6.64. The largest absolute Gasteiger partial charge is 0.309 e. The maximum Gasteiger partial charge on any atom is 0.0541 e. The Kier molecular flexibility index (Phi) is 7.75. The number of hydrogen-bond acceptors (Lipinski definition) is 0. The Labute approximate surface area is 298 Å². The van der Waals surface area contributed by atoms with Gasteiger partial charge in [0.15, 0.2) is 0 Å². The molecule has 2 aromatic heterocycles. The van der Waals surface area contributed by atoms with Crippen LogP contribution in [-0.2, 0) is 0 Å². The van der Waals surface area contributed by atoms with Crippen molar-refractivity contribution in [3.63, 3.8) is 0 Å². The molecule has 2 heteroatoms. The lowest BCUT2D eigenvalue weighted by Gasteiger charge is -2.10. The number of aryl methyl sites for hydroxylation is 1. The predicted octanol–water partition coefficient (Wildman–Crippen LogP) is 13.2. The number of hydrogen-bond donors (Lipinski definition) is 0. The molecule has 0 unspecified atom stereocenters. The van der Waals surface area contributed by atoms with Crippen molar-refractivity contribution in [2.45, 2.75) is 6.92 Å². The minimum absolute atomic E-state index is 1.17. The van der Waals surface area contributed by atoms with E-state index in [4.69, 9.17) is 0 Å². The topological polar surface area (TPSA) is 9.86 Å². The maximum atomic E-state index is 2.39. The molecule has 0 bridgehead atoms. The summed E-state index contributed by atoms with van der Waals surface area (Å²) in [5, 5.41) is 5.06. The van der Waals surface area contributed by atoms with Crippen LogP contribution in [0.15, 0.2) is 200 Å². The van der Waals surface area contributed by atoms with Gasteiger partial charge in [0.2, 0.25) is 0 Å². The van der Waals surface area contributed by atoms with Crippen LogP contribution in [-0.4, -0.2) is 9.13 Å². The van der Waals surface area contributed by atoms with Crippen molar-refractivity contribution in [3.05, 3.63) is 206 Å². The van der Waals surface area contributed by atoms with Gasteiger partial charge in [-0.3, -0.25) is 0 Å². The van der Waals surface area contributed by atoms with Gasteiger partial charge < -0.3 is 9.13 Å². The average Bonchev–Trinajstić information content (AvgIpc) is 3.71. The zero-order valence-corrected chi connectivity index (χ0v) is 28.4. The van der Waals surface area contributed by atoms with E-state index >= 15 is 0 Å². The third-order valence-corrected chi connectivity index (χ3v) is 9.87. The van der Waals surface area contributed by atoms with Crippen LogP contribution in [0.5, 0.6) is 0 Å². The number of aromatic nitrogens is 2. The van der Waals surface area contributed by atoms with Crippen molar-refractivity contribution in [1.82, 2.24) is 9.13 Å². The Bertz CT molecular complexity index is 2770. The summed E-state index contributed by atoms with van der Waals surface area (Å²) in [5.41, 5.74) is 13.4. The van der Waals surface area contributed by atoms with Crippen LogP contribution in [0.3, 0.4) is 0 Å². The number of benzene rings is 8. The molecule has 10 rings (SSSR count). The van der Waals surface area contributed by atoms with Gasteiger partial charge in [-0.1, -0.05) is 145 Å². The summed E-state index contributed by atoms with van der Waals surface area (Å²) in [5.74, 6) is 0. The predicted molar refractivity (Wildman–Crippen MR) is 217 cm³/mol. The van der Waals surface area contributed by atoms with Crippen molar-refractivity contribution < 1.29 is 0 Å². The Morgan fingerprint density at radius 3 is 1.14 bits per heavy atom. The normalized spacial score (nSPS) is 11.2. The molecule has 0 saturated heterocycles. The van der Waals surface area contributed by atoms with Gasteiger partial charge in [0.1, 0.15) is 0 Å². The summed E-state index contributed by atoms with van der Waals surface area (Å²) >= 11 is 0. The summed E-state index contributed by atoms with van der Waals surface area (Å²) in [7, 11) is 0. The van der Waals surface area contributed by atoms with Crippen molar-refractivity contribution >= 4 is 43.6 Å². The minimum atomic E-state index is 1.17. The number of fused-ring (bicyclic) bond motifs is 6. The minimum Gasteiger partial charge on any atom is -0.309 e. The molecule has 0 fully saturated rings. The first-order valence-corrected chi connectivity index (χ1v) is 17.5.